The fraction of sp³-hybridized carbons (Fsp3) is 0.158. The molecule has 2 aromatic carbocycles. The molecule has 0 aromatic heterocycles. The Labute approximate surface area is 183 Å². The van der Waals surface area contributed by atoms with Crippen molar-refractivity contribution >= 4 is 35.3 Å². The highest BCUT2D eigenvalue weighted by molar-refractivity contribution is 6.21. The zero-order chi connectivity index (χ0) is 23.9. The summed E-state index contributed by atoms with van der Waals surface area (Å²) in [6.07, 6.45) is 0. The molecule has 0 radical (unpaired) electrons. The molecule has 2 aliphatic heterocycles. The number of carbonyl (C=O) groups excluding carboxylic acids is 4. The minimum atomic E-state index is -2.16. The van der Waals surface area contributed by atoms with Gasteiger partial charge in [0.2, 0.25) is 11.8 Å². The van der Waals surface area contributed by atoms with Crippen LogP contribution in [0.25, 0.3) is 0 Å². The highest BCUT2D eigenvalue weighted by atomic mass is 16.6. The lowest BCUT2D eigenvalue weighted by Crippen LogP contribution is -2.73. The summed E-state index contributed by atoms with van der Waals surface area (Å²) in [6.45, 7) is 0. The highest BCUT2D eigenvalue weighted by Gasteiger charge is 2.64. The van der Waals surface area contributed by atoms with Crippen LogP contribution >= 0.6 is 0 Å². The average molecular weight is 454 g/mol. The number of nitrogens with zero attached hydrogens (tertiary/aromatic N) is 2. The third-order valence-corrected chi connectivity index (χ3v) is 5.54. The SMILES string of the molecule is O=C1NC(=O)C2(C(=O)N1)[C@@H](c1ccc([N+](=O)[O-])cc1)NC(=O)N[C@@H]2c1ccc([N+](=O)[O-])cc1. The zero-order valence-electron chi connectivity index (χ0n) is 16.4. The zero-order valence-corrected chi connectivity index (χ0v) is 16.4. The number of barbiturate groups is 1. The van der Waals surface area contributed by atoms with Crippen molar-refractivity contribution in [3.05, 3.63) is 79.9 Å². The minimum absolute atomic E-state index is 0.182. The Morgan fingerprint density at radius 3 is 1.33 bits per heavy atom. The maximum atomic E-state index is 13.2. The van der Waals surface area contributed by atoms with E-state index in [1.54, 1.807) is 0 Å². The Morgan fingerprint density at radius 1 is 0.636 bits per heavy atom. The molecule has 0 bridgehead atoms. The van der Waals surface area contributed by atoms with Crippen LogP contribution in [-0.4, -0.2) is 33.7 Å². The first-order valence-electron chi connectivity index (χ1n) is 9.37. The summed E-state index contributed by atoms with van der Waals surface area (Å²) in [7, 11) is 0. The highest BCUT2D eigenvalue weighted by Crippen LogP contribution is 2.48. The maximum absolute atomic E-state index is 13.2. The van der Waals surface area contributed by atoms with Crippen LogP contribution < -0.4 is 21.3 Å². The molecule has 6 amide bonds. The predicted molar refractivity (Wildman–Crippen MR) is 107 cm³/mol. The van der Waals surface area contributed by atoms with Crippen molar-refractivity contribution in [3.8, 4) is 0 Å². The van der Waals surface area contributed by atoms with Gasteiger partial charge in [0, 0.05) is 24.3 Å². The minimum Gasteiger partial charge on any atom is -0.330 e. The van der Waals surface area contributed by atoms with Gasteiger partial charge >= 0.3 is 12.1 Å². The fourth-order valence-corrected chi connectivity index (χ4v) is 4.04. The van der Waals surface area contributed by atoms with Crippen molar-refractivity contribution in [2.75, 3.05) is 0 Å². The molecule has 168 valence electrons. The standard InChI is InChI=1S/C19H14N6O8/c26-15-19(16(27)23-18(29)22-15)13(9-1-5-11(6-2-9)24(30)31)20-17(28)21-14(19)10-3-7-12(8-4-10)25(32)33/h1-8,13-14H,(H2,20,21,28)(H2,22,23,26,27,29)/t13-,14-/m1/s1. The van der Waals surface area contributed by atoms with E-state index in [0.29, 0.717) is 0 Å². The summed E-state index contributed by atoms with van der Waals surface area (Å²) in [5.74, 6) is -2.06. The smallest absolute Gasteiger partial charge is 0.328 e. The Hall–Kier alpha value is -4.88. The van der Waals surface area contributed by atoms with E-state index in [0.717, 1.165) is 24.3 Å². The average Bonchev–Trinajstić information content (AvgIpc) is 2.77. The molecule has 2 aromatic rings. The molecule has 33 heavy (non-hydrogen) atoms. The first-order chi connectivity index (χ1) is 15.6. The van der Waals surface area contributed by atoms with Crippen LogP contribution in [0.4, 0.5) is 21.0 Å². The quantitative estimate of drug-likeness (QED) is 0.297. The molecule has 4 rings (SSSR count). The van der Waals surface area contributed by atoms with Crippen LogP contribution in [0.15, 0.2) is 48.5 Å². The Morgan fingerprint density at radius 2 is 1.00 bits per heavy atom. The summed E-state index contributed by atoms with van der Waals surface area (Å²) < 4.78 is 0. The monoisotopic (exact) mass is 454 g/mol. The van der Waals surface area contributed by atoms with Crippen LogP contribution in [0.2, 0.25) is 0 Å². The second-order valence-corrected chi connectivity index (χ2v) is 7.29. The number of hydrogen-bond donors (Lipinski definition) is 4. The molecular weight excluding hydrogens is 440 g/mol. The van der Waals surface area contributed by atoms with Gasteiger partial charge in [-0.3, -0.25) is 40.5 Å². The largest absolute Gasteiger partial charge is 0.330 e. The van der Waals surface area contributed by atoms with E-state index in [1.165, 1.54) is 24.3 Å². The lowest BCUT2D eigenvalue weighted by Gasteiger charge is -2.48. The summed E-state index contributed by atoms with van der Waals surface area (Å²) in [5.41, 5.74) is -2.31. The van der Waals surface area contributed by atoms with Gasteiger partial charge in [0.1, 0.15) is 0 Å². The molecule has 0 aliphatic carbocycles. The fourth-order valence-electron chi connectivity index (χ4n) is 4.04. The summed E-state index contributed by atoms with van der Waals surface area (Å²) in [4.78, 5) is 71.4. The molecule has 2 atom stereocenters. The van der Waals surface area contributed by atoms with Crippen LogP contribution in [0, 0.1) is 25.6 Å². The summed E-state index contributed by atoms with van der Waals surface area (Å²) in [6, 6.07) is 5.15. The van der Waals surface area contributed by atoms with Gasteiger partial charge in [0.05, 0.1) is 21.9 Å². The van der Waals surface area contributed by atoms with Gasteiger partial charge in [-0.05, 0) is 11.1 Å². The molecule has 4 N–H and O–H groups in total. The Kier molecular flexibility index (Phi) is 4.96. The molecular formula is C19H14N6O8. The molecule has 2 aliphatic rings. The van der Waals surface area contributed by atoms with Crippen LogP contribution in [0.3, 0.4) is 0 Å². The molecule has 0 unspecified atom stereocenters. The Bertz CT molecular complexity index is 1120. The lowest BCUT2D eigenvalue weighted by molar-refractivity contribution is -0.385. The summed E-state index contributed by atoms with van der Waals surface area (Å²) in [5, 5.41) is 31.0. The number of imide groups is 2. The van der Waals surface area contributed by atoms with Crippen LogP contribution in [0.5, 0.6) is 0 Å². The molecule has 2 heterocycles. The number of benzene rings is 2. The van der Waals surface area contributed by atoms with E-state index in [2.05, 4.69) is 10.6 Å². The number of rotatable bonds is 4. The van der Waals surface area contributed by atoms with Gasteiger partial charge in [-0.25, -0.2) is 9.59 Å². The van der Waals surface area contributed by atoms with Crippen LogP contribution in [0.1, 0.15) is 23.2 Å². The van der Waals surface area contributed by atoms with Gasteiger partial charge < -0.3 is 10.6 Å². The van der Waals surface area contributed by atoms with Crippen molar-refractivity contribution in [1.82, 2.24) is 21.3 Å². The molecule has 2 fully saturated rings. The summed E-state index contributed by atoms with van der Waals surface area (Å²) >= 11 is 0. The first-order valence-corrected chi connectivity index (χ1v) is 9.37. The van der Waals surface area contributed by atoms with Gasteiger partial charge in [-0.2, -0.15) is 0 Å². The number of carbonyl (C=O) groups is 4. The van der Waals surface area contributed by atoms with Crippen molar-refractivity contribution < 1.29 is 29.0 Å². The number of nitrogens with one attached hydrogen (secondary N) is 4. The molecule has 1 spiro atoms. The third-order valence-electron chi connectivity index (χ3n) is 5.54. The second kappa shape index (κ2) is 7.67. The Balaban J connectivity index is 1.89. The van der Waals surface area contributed by atoms with Crippen molar-refractivity contribution in [3.63, 3.8) is 0 Å². The predicted octanol–water partition coefficient (Wildman–Crippen LogP) is 0.951. The van der Waals surface area contributed by atoms with E-state index in [4.69, 9.17) is 0 Å². The number of non-ortho nitro benzene ring substituents is 2. The topological polar surface area (TPSA) is 203 Å². The number of nitro benzene ring substituents is 2. The third kappa shape index (κ3) is 3.38. The number of nitro groups is 2. The maximum Gasteiger partial charge on any atom is 0.328 e. The van der Waals surface area contributed by atoms with E-state index < -0.39 is 51.2 Å². The first kappa shape index (κ1) is 21.4. The normalized spacial score (nSPS) is 21.5. The van der Waals surface area contributed by atoms with Crippen LogP contribution in [-0.2, 0) is 9.59 Å². The van der Waals surface area contributed by atoms with Crippen molar-refractivity contribution in [1.29, 1.82) is 0 Å². The second-order valence-electron chi connectivity index (χ2n) is 7.29. The van der Waals surface area contributed by atoms with Gasteiger partial charge in [-0.15, -0.1) is 0 Å². The van der Waals surface area contributed by atoms with Gasteiger partial charge in [0.25, 0.3) is 11.4 Å². The molecule has 2 saturated heterocycles. The number of hydrogen-bond acceptors (Lipinski definition) is 8. The van der Waals surface area contributed by atoms with Crippen molar-refractivity contribution in [2.45, 2.75) is 12.1 Å². The molecule has 14 nitrogen and oxygen atoms in total. The number of amides is 6. The van der Waals surface area contributed by atoms with E-state index in [9.17, 15) is 39.4 Å². The van der Waals surface area contributed by atoms with Crippen molar-refractivity contribution in [2.24, 2.45) is 5.41 Å². The number of urea groups is 2. The van der Waals surface area contributed by atoms with Gasteiger partial charge in [-0.1, -0.05) is 24.3 Å². The van der Waals surface area contributed by atoms with E-state index >= 15 is 0 Å². The lowest BCUT2D eigenvalue weighted by atomic mass is 9.65. The molecule has 14 heteroatoms. The van der Waals surface area contributed by atoms with E-state index in [-0.39, 0.29) is 22.5 Å². The molecule has 0 saturated carbocycles. The van der Waals surface area contributed by atoms with E-state index in [1.807, 2.05) is 10.6 Å². The van der Waals surface area contributed by atoms with Gasteiger partial charge in [0.15, 0.2) is 5.41 Å².